The van der Waals surface area contributed by atoms with Crippen molar-refractivity contribution in [3.63, 3.8) is 0 Å². The van der Waals surface area contributed by atoms with Crippen LogP contribution in [0, 0.1) is 0 Å². The molecular weight excluding hydrogens is 208 g/mol. The van der Waals surface area contributed by atoms with E-state index in [1.54, 1.807) is 33.0 Å². The molecule has 16 heavy (non-hydrogen) atoms. The lowest BCUT2D eigenvalue weighted by molar-refractivity contribution is -0.155. The number of rotatable bonds is 3. The number of hydrogen-bond donors (Lipinski definition) is 0. The van der Waals surface area contributed by atoms with Crippen molar-refractivity contribution >= 4 is 11.8 Å². The van der Waals surface area contributed by atoms with Crippen LogP contribution in [0.4, 0.5) is 0 Å². The first-order chi connectivity index (χ1) is 7.28. The minimum absolute atomic E-state index is 0.0184. The minimum atomic E-state index is -0.506. The average molecular weight is 224 g/mol. The van der Waals surface area contributed by atoms with E-state index in [2.05, 4.69) is 5.10 Å². The van der Waals surface area contributed by atoms with Crippen LogP contribution in [-0.4, -0.2) is 27.1 Å². The Kier molecular flexibility index (Phi) is 3.47. The molecule has 1 heterocycles. The number of ether oxygens (including phenoxy) is 1. The zero-order valence-electron chi connectivity index (χ0n) is 9.98. The fourth-order valence-electron chi connectivity index (χ4n) is 1.14. The Labute approximate surface area is 94.4 Å². The lowest BCUT2D eigenvalue weighted by Crippen LogP contribution is -2.26. The highest BCUT2D eigenvalue weighted by Gasteiger charge is 2.17. The van der Waals surface area contributed by atoms with E-state index in [1.807, 2.05) is 0 Å². The molecule has 1 aromatic rings. The van der Waals surface area contributed by atoms with Gasteiger partial charge in [-0.05, 0) is 26.8 Å². The summed E-state index contributed by atoms with van der Waals surface area (Å²) in [4.78, 5) is 22.4. The van der Waals surface area contributed by atoms with Gasteiger partial charge in [-0.15, -0.1) is 0 Å². The van der Waals surface area contributed by atoms with Crippen LogP contribution in [-0.2, 0) is 16.1 Å². The van der Waals surface area contributed by atoms with Crippen molar-refractivity contribution in [1.82, 2.24) is 9.78 Å². The second kappa shape index (κ2) is 4.47. The first-order valence-corrected chi connectivity index (χ1v) is 5.04. The minimum Gasteiger partial charge on any atom is -0.459 e. The van der Waals surface area contributed by atoms with Crippen LogP contribution in [0.25, 0.3) is 0 Å². The van der Waals surface area contributed by atoms with Crippen molar-refractivity contribution in [2.24, 2.45) is 0 Å². The molecule has 0 atom stereocenters. The molecule has 0 saturated carbocycles. The van der Waals surface area contributed by atoms with Crippen LogP contribution in [0.2, 0.25) is 0 Å². The van der Waals surface area contributed by atoms with Gasteiger partial charge >= 0.3 is 5.97 Å². The number of ketones is 1. The predicted octanol–water partition coefficient (Wildman–Crippen LogP) is 1.43. The summed E-state index contributed by atoms with van der Waals surface area (Å²) < 4.78 is 6.52. The van der Waals surface area contributed by atoms with Gasteiger partial charge < -0.3 is 4.74 Å². The van der Waals surface area contributed by atoms with Gasteiger partial charge in [-0.25, -0.2) is 0 Å². The van der Waals surface area contributed by atoms with Gasteiger partial charge in [0.05, 0.1) is 0 Å². The van der Waals surface area contributed by atoms with Crippen molar-refractivity contribution < 1.29 is 14.3 Å². The second-order valence-corrected chi connectivity index (χ2v) is 4.54. The number of aromatic nitrogens is 2. The van der Waals surface area contributed by atoms with Crippen molar-refractivity contribution in [3.8, 4) is 0 Å². The maximum absolute atomic E-state index is 11.4. The third-order valence-corrected chi connectivity index (χ3v) is 1.71. The summed E-state index contributed by atoms with van der Waals surface area (Å²) in [7, 11) is 0. The maximum Gasteiger partial charge on any atom is 0.328 e. The molecule has 5 nitrogen and oxygen atoms in total. The summed E-state index contributed by atoms with van der Waals surface area (Å²) in [5.74, 6) is -0.492. The molecule has 0 radical (unpaired) electrons. The van der Waals surface area contributed by atoms with E-state index in [1.165, 1.54) is 11.6 Å². The van der Waals surface area contributed by atoms with E-state index in [-0.39, 0.29) is 18.3 Å². The van der Waals surface area contributed by atoms with Crippen LogP contribution in [0.15, 0.2) is 12.3 Å². The van der Waals surface area contributed by atoms with Crippen LogP contribution in [0.1, 0.15) is 38.2 Å². The monoisotopic (exact) mass is 224 g/mol. The van der Waals surface area contributed by atoms with Gasteiger partial charge in [0.2, 0.25) is 0 Å². The third kappa shape index (κ3) is 3.84. The smallest absolute Gasteiger partial charge is 0.328 e. The SMILES string of the molecule is CC(=O)c1ccn(CC(=O)OC(C)(C)C)n1. The predicted molar refractivity (Wildman–Crippen MR) is 58.1 cm³/mol. The highest BCUT2D eigenvalue weighted by atomic mass is 16.6. The molecule has 0 unspecified atom stereocenters. The Balaban J connectivity index is 2.60. The zero-order chi connectivity index (χ0) is 12.3. The van der Waals surface area contributed by atoms with Crippen LogP contribution in [0.5, 0.6) is 0 Å². The van der Waals surface area contributed by atoms with E-state index in [0.29, 0.717) is 5.69 Å². The van der Waals surface area contributed by atoms with Crippen molar-refractivity contribution in [2.75, 3.05) is 0 Å². The van der Waals surface area contributed by atoms with E-state index in [0.717, 1.165) is 0 Å². The lowest BCUT2D eigenvalue weighted by Gasteiger charge is -2.19. The fraction of sp³-hybridized carbons (Fsp3) is 0.545. The highest BCUT2D eigenvalue weighted by molar-refractivity contribution is 5.91. The number of esters is 1. The molecule has 0 amide bonds. The quantitative estimate of drug-likeness (QED) is 0.575. The fourth-order valence-corrected chi connectivity index (χ4v) is 1.14. The molecular formula is C11H16N2O3. The normalized spacial score (nSPS) is 11.2. The van der Waals surface area contributed by atoms with Crippen LogP contribution in [0.3, 0.4) is 0 Å². The van der Waals surface area contributed by atoms with Crippen molar-refractivity contribution in [2.45, 2.75) is 39.8 Å². The van der Waals surface area contributed by atoms with Gasteiger partial charge in [0, 0.05) is 13.1 Å². The average Bonchev–Trinajstić information content (AvgIpc) is 2.48. The summed E-state index contributed by atoms with van der Waals surface area (Å²) in [5, 5.41) is 3.95. The summed E-state index contributed by atoms with van der Waals surface area (Å²) >= 11 is 0. The van der Waals surface area contributed by atoms with Gasteiger partial charge in [-0.3, -0.25) is 14.3 Å². The van der Waals surface area contributed by atoms with E-state index in [9.17, 15) is 9.59 Å². The molecule has 1 rings (SSSR count). The molecule has 0 aliphatic heterocycles. The molecule has 0 aliphatic rings. The second-order valence-electron chi connectivity index (χ2n) is 4.54. The van der Waals surface area contributed by atoms with Crippen LogP contribution >= 0.6 is 0 Å². The first kappa shape index (κ1) is 12.4. The zero-order valence-corrected chi connectivity index (χ0v) is 9.98. The van der Waals surface area contributed by atoms with Gasteiger partial charge in [0.1, 0.15) is 17.8 Å². The van der Waals surface area contributed by atoms with Crippen LogP contribution < -0.4 is 0 Å². The third-order valence-electron chi connectivity index (χ3n) is 1.71. The van der Waals surface area contributed by atoms with Gasteiger partial charge in [-0.2, -0.15) is 5.10 Å². The Bertz CT molecular complexity index is 402. The number of hydrogen-bond acceptors (Lipinski definition) is 4. The standard InChI is InChI=1S/C11H16N2O3/c1-8(14)9-5-6-13(12-9)7-10(15)16-11(2,3)4/h5-6H,7H2,1-4H3. The Morgan fingerprint density at radius 3 is 2.50 bits per heavy atom. The molecule has 0 aliphatic carbocycles. The topological polar surface area (TPSA) is 61.2 Å². The van der Waals surface area contributed by atoms with Gasteiger partial charge in [-0.1, -0.05) is 0 Å². The number of Topliss-reactive ketones (excluding diaryl/α,β-unsaturated/α-hetero) is 1. The number of carbonyl (C=O) groups is 2. The first-order valence-electron chi connectivity index (χ1n) is 5.04. The molecule has 0 N–H and O–H groups in total. The lowest BCUT2D eigenvalue weighted by atomic mass is 10.2. The summed E-state index contributed by atoms with van der Waals surface area (Å²) in [6.07, 6.45) is 1.58. The van der Waals surface area contributed by atoms with E-state index >= 15 is 0 Å². The number of carbonyl (C=O) groups excluding carboxylic acids is 2. The Morgan fingerprint density at radius 1 is 1.44 bits per heavy atom. The summed E-state index contributed by atoms with van der Waals surface area (Å²) in [5.41, 5.74) is -0.156. The molecule has 88 valence electrons. The maximum atomic E-state index is 11.4. The summed E-state index contributed by atoms with van der Waals surface area (Å²) in [6.45, 7) is 6.85. The van der Waals surface area contributed by atoms with E-state index in [4.69, 9.17) is 4.74 Å². The Morgan fingerprint density at radius 2 is 2.06 bits per heavy atom. The van der Waals surface area contributed by atoms with Crippen molar-refractivity contribution in [1.29, 1.82) is 0 Å². The summed E-state index contributed by atoms with van der Waals surface area (Å²) in [6, 6.07) is 1.58. The van der Waals surface area contributed by atoms with Gasteiger partial charge in [0.25, 0.3) is 0 Å². The molecule has 0 bridgehead atoms. The Hall–Kier alpha value is -1.65. The molecule has 5 heteroatoms. The number of nitrogens with zero attached hydrogens (tertiary/aromatic N) is 2. The molecule has 0 saturated heterocycles. The molecule has 0 spiro atoms. The van der Waals surface area contributed by atoms with Crippen molar-refractivity contribution in [3.05, 3.63) is 18.0 Å². The molecule has 1 aromatic heterocycles. The molecule has 0 aromatic carbocycles. The molecule has 0 fully saturated rings. The van der Waals surface area contributed by atoms with E-state index < -0.39 is 5.60 Å². The largest absolute Gasteiger partial charge is 0.459 e. The highest BCUT2D eigenvalue weighted by Crippen LogP contribution is 2.07. The van der Waals surface area contributed by atoms with Gasteiger partial charge in [0.15, 0.2) is 5.78 Å².